The molecule has 42 heavy (non-hydrogen) atoms. The molecular formula is C29H33Cl2N3O8. The first-order valence-electron chi connectivity index (χ1n) is 13.2. The second kappa shape index (κ2) is 16.2. The number of hydrogen-bond donors (Lipinski definition) is 2. The molecule has 0 saturated heterocycles. The highest BCUT2D eigenvalue weighted by atomic mass is 35.5. The van der Waals surface area contributed by atoms with Gasteiger partial charge in [-0.05, 0) is 31.0 Å². The van der Waals surface area contributed by atoms with Crippen molar-refractivity contribution >= 4 is 40.8 Å². The van der Waals surface area contributed by atoms with Gasteiger partial charge < -0.3 is 29.6 Å². The van der Waals surface area contributed by atoms with E-state index in [0.717, 1.165) is 5.56 Å². The Bertz CT molecular complexity index is 1360. The Morgan fingerprint density at radius 2 is 1.79 bits per heavy atom. The van der Waals surface area contributed by atoms with E-state index in [-0.39, 0.29) is 53.3 Å². The Morgan fingerprint density at radius 1 is 1.05 bits per heavy atom. The first-order valence-corrected chi connectivity index (χ1v) is 13.9. The van der Waals surface area contributed by atoms with Crippen LogP contribution in [0.3, 0.4) is 0 Å². The molecule has 0 amide bonds. The third-order valence-electron chi connectivity index (χ3n) is 6.33. The van der Waals surface area contributed by atoms with Crippen LogP contribution in [0.2, 0.25) is 10.0 Å². The van der Waals surface area contributed by atoms with Crippen molar-refractivity contribution in [3.05, 3.63) is 96.3 Å². The number of nitro benzene ring substituents is 1. The summed E-state index contributed by atoms with van der Waals surface area (Å²) in [5, 5.41) is 17.7. The van der Waals surface area contributed by atoms with Gasteiger partial charge >= 0.3 is 11.9 Å². The molecule has 226 valence electrons. The number of non-ortho nitro benzene ring substituents is 1. The lowest BCUT2D eigenvalue weighted by atomic mass is 9.80. The molecule has 1 heterocycles. The fraction of sp³-hybridized carbons (Fsp3) is 0.379. The second-order valence-corrected chi connectivity index (χ2v) is 9.90. The van der Waals surface area contributed by atoms with Gasteiger partial charge in [0.05, 0.1) is 77.9 Å². The topological polar surface area (TPSA) is 138 Å². The van der Waals surface area contributed by atoms with Crippen molar-refractivity contribution in [3.63, 3.8) is 0 Å². The average molecular weight is 623 g/mol. The number of nitro groups is 1. The summed E-state index contributed by atoms with van der Waals surface area (Å²) >= 11 is 12.8. The monoisotopic (exact) mass is 621 g/mol. The summed E-state index contributed by atoms with van der Waals surface area (Å²) < 4.78 is 21.8. The summed E-state index contributed by atoms with van der Waals surface area (Å²) in [5.41, 5.74) is 2.55. The van der Waals surface area contributed by atoms with E-state index in [4.69, 9.17) is 42.1 Å². The number of rotatable bonds is 15. The number of esters is 2. The van der Waals surface area contributed by atoms with Crippen molar-refractivity contribution in [2.24, 2.45) is 0 Å². The van der Waals surface area contributed by atoms with Crippen LogP contribution in [0, 0.1) is 10.1 Å². The van der Waals surface area contributed by atoms with Gasteiger partial charge in [-0.15, -0.1) is 0 Å². The number of ether oxygens (including phenoxy) is 4. The van der Waals surface area contributed by atoms with Crippen LogP contribution in [0.5, 0.6) is 0 Å². The summed E-state index contributed by atoms with van der Waals surface area (Å²) in [6, 6.07) is 11.4. The Labute approximate surface area is 253 Å². The summed E-state index contributed by atoms with van der Waals surface area (Å²) in [6.07, 6.45) is 0. The molecule has 1 unspecified atom stereocenters. The molecule has 1 aliphatic heterocycles. The highest BCUT2D eigenvalue weighted by molar-refractivity contribution is 6.42. The quantitative estimate of drug-likeness (QED) is 0.125. The molecule has 3 rings (SSSR count). The SMILES string of the molecule is CCOC(=O)C1=C(COCCOCCNCc2cccc([N+](=O)[O-])c2)NC(C)=C(C(=O)OC)C1c1cccc(Cl)c1Cl. The number of methoxy groups -OCH3 is 1. The van der Waals surface area contributed by atoms with Gasteiger partial charge in [-0.25, -0.2) is 9.59 Å². The van der Waals surface area contributed by atoms with Crippen molar-refractivity contribution in [2.45, 2.75) is 26.3 Å². The largest absolute Gasteiger partial charge is 0.466 e. The van der Waals surface area contributed by atoms with Crippen LogP contribution in [0.4, 0.5) is 5.69 Å². The highest BCUT2D eigenvalue weighted by Gasteiger charge is 2.40. The van der Waals surface area contributed by atoms with Crippen LogP contribution in [0.25, 0.3) is 0 Å². The zero-order chi connectivity index (χ0) is 30.6. The Morgan fingerprint density at radius 3 is 2.50 bits per heavy atom. The van der Waals surface area contributed by atoms with Crippen molar-refractivity contribution in [1.82, 2.24) is 10.6 Å². The predicted molar refractivity (Wildman–Crippen MR) is 157 cm³/mol. The van der Waals surface area contributed by atoms with Crippen molar-refractivity contribution in [1.29, 1.82) is 0 Å². The van der Waals surface area contributed by atoms with Crippen LogP contribution in [0.1, 0.15) is 30.9 Å². The molecule has 0 bridgehead atoms. The molecule has 13 heteroatoms. The maximum absolute atomic E-state index is 13.3. The third kappa shape index (κ3) is 8.52. The molecule has 2 aromatic rings. The van der Waals surface area contributed by atoms with Gasteiger partial charge in [0.2, 0.25) is 0 Å². The van der Waals surface area contributed by atoms with E-state index in [9.17, 15) is 19.7 Å². The lowest BCUT2D eigenvalue weighted by molar-refractivity contribution is -0.384. The van der Waals surface area contributed by atoms with Crippen LogP contribution in [-0.2, 0) is 35.1 Å². The van der Waals surface area contributed by atoms with Gasteiger partial charge in [0.1, 0.15) is 0 Å². The van der Waals surface area contributed by atoms with E-state index in [1.54, 1.807) is 38.1 Å². The molecule has 11 nitrogen and oxygen atoms in total. The van der Waals surface area contributed by atoms with Crippen molar-refractivity contribution in [3.8, 4) is 0 Å². The van der Waals surface area contributed by atoms with E-state index >= 15 is 0 Å². The normalized spacial score (nSPS) is 14.9. The zero-order valence-corrected chi connectivity index (χ0v) is 25.0. The van der Waals surface area contributed by atoms with Gasteiger partial charge in [0.15, 0.2) is 0 Å². The Balaban J connectivity index is 1.64. The number of carbonyl (C=O) groups excluding carboxylic acids is 2. The fourth-order valence-electron chi connectivity index (χ4n) is 4.45. The maximum atomic E-state index is 13.3. The number of dihydropyridines is 1. The van der Waals surface area contributed by atoms with E-state index in [1.807, 2.05) is 6.07 Å². The number of nitrogens with zero attached hydrogens (tertiary/aromatic N) is 1. The molecule has 0 saturated carbocycles. The van der Waals surface area contributed by atoms with E-state index in [1.165, 1.54) is 19.2 Å². The third-order valence-corrected chi connectivity index (χ3v) is 7.16. The van der Waals surface area contributed by atoms with Crippen LogP contribution < -0.4 is 10.6 Å². The molecule has 1 atom stereocenters. The van der Waals surface area contributed by atoms with Crippen LogP contribution in [0.15, 0.2) is 65.0 Å². The van der Waals surface area contributed by atoms with Gasteiger partial charge in [0.25, 0.3) is 5.69 Å². The number of allylic oxidation sites excluding steroid dienone is 1. The van der Waals surface area contributed by atoms with Gasteiger partial charge in [-0.2, -0.15) is 0 Å². The van der Waals surface area contributed by atoms with Crippen molar-refractivity contribution < 1.29 is 33.5 Å². The lowest BCUT2D eigenvalue weighted by Crippen LogP contribution is -2.35. The Kier molecular flexibility index (Phi) is 12.8. The molecule has 1 aliphatic rings. The second-order valence-electron chi connectivity index (χ2n) is 9.11. The van der Waals surface area contributed by atoms with Crippen LogP contribution >= 0.6 is 23.2 Å². The summed E-state index contributed by atoms with van der Waals surface area (Å²) in [6.45, 7) is 5.41. The van der Waals surface area contributed by atoms with Gasteiger partial charge in [0, 0.05) is 30.9 Å². The first-order chi connectivity index (χ1) is 20.2. The first kappa shape index (κ1) is 33.0. The molecule has 0 fully saturated rings. The molecule has 0 aliphatic carbocycles. The Hall–Kier alpha value is -3.48. The minimum absolute atomic E-state index is 0.00300. The van der Waals surface area contributed by atoms with E-state index < -0.39 is 22.8 Å². The number of nitrogens with one attached hydrogen (secondary N) is 2. The predicted octanol–water partition coefficient (Wildman–Crippen LogP) is 4.68. The number of carbonyl (C=O) groups is 2. The molecule has 0 radical (unpaired) electrons. The standard InChI is InChI=1S/C29H33Cl2N3O8/c1-4-42-29(36)26-23(17-41-14-13-40-12-11-32-16-19-7-5-8-20(15-19)34(37)38)33-18(2)24(28(35)39-3)25(26)21-9-6-10-22(30)27(21)31/h5-10,15,25,32-33H,4,11-14,16-17H2,1-3H3. The number of benzene rings is 2. The smallest absolute Gasteiger partial charge is 0.336 e. The minimum Gasteiger partial charge on any atom is -0.466 e. The zero-order valence-electron chi connectivity index (χ0n) is 23.5. The summed E-state index contributed by atoms with van der Waals surface area (Å²) in [4.78, 5) is 36.6. The number of halogens is 2. The van der Waals surface area contributed by atoms with Gasteiger partial charge in [-0.3, -0.25) is 10.1 Å². The van der Waals surface area contributed by atoms with E-state index in [0.29, 0.717) is 36.7 Å². The molecule has 0 aromatic heterocycles. The van der Waals surface area contributed by atoms with Crippen molar-refractivity contribution in [2.75, 3.05) is 46.7 Å². The summed E-state index contributed by atoms with van der Waals surface area (Å²) in [5.74, 6) is -2.17. The molecule has 2 aromatic carbocycles. The maximum Gasteiger partial charge on any atom is 0.336 e. The number of hydrogen-bond acceptors (Lipinski definition) is 10. The highest BCUT2D eigenvalue weighted by Crippen LogP contribution is 2.43. The fourth-order valence-corrected chi connectivity index (χ4v) is 4.86. The van der Waals surface area contributed by atoms with E-state index in [2.05, 4.69) is 10.6 Å². The lowest BCUT2D eigenvalue weighted by Gasteiger charge is -2.31. The molecule has 2 N–H and O–H groups in total. The van der Waals surface area contributed by atoms with Gasteiger partial charge in [-0.1, -0.05) is 47.5 Å². The minimum atomic E-state index is -0.907. The molecular weight excluding hydrogens is 589 g/mol. The summed E-state index contributed by atoms with van der Waals surface area (Å²) in [7, 11) is 1.26. The molecule has 0 spiro atoms. The average Bonchev–Trinajstić information content (AvgIpc) is 2.97. The van der Waals surface area contributed by atoms with Crippen LogP contribution in [-0.4, -0.2) is 63.6 Å².